The van der Waals surface area contributed by atoms with E-state index in [1.807, 2.05) is 54.7 Å². The van der Waals surface area contributed by atoms with Gasteiger partial charge in [0.1, 0.15) is 6.33 Å². The molecule has 5 aromatic rings. The number of hydrogen-bond acceptors (Lipinski definition) is 5. The smallest absolute Gasteiger partial charge is 0.329 e. The fourth-order valence-electron chi connectivity index (χ4n) is 6.07. The van der Waals surface area contributed by atoms with Gasteiger partial charge in [-0.2, -0.15) is 5.10 Å². The molecule has 1 aliphatic heterocycles. The summed E-state index contributed by atoms with van der Waals surface area (Å²) in [5.41, 5.74) is 4.35. The van der Waals surface area contributed by atoms with E-state index in [-0.39, 0.29) is 23.8 Å². The highest BCUT2D eigenvalue weighted by Crippen LogP contribution is 2.45. The second-order valence-corrected chi connectivity index (χ2v) is 10.3. The van der Waals surface area contributed by atoms with E-state index in [1.54, 1.807) is 16.9 Å². The highest BCUT2D eigenvalue weighted by molar-refractivity contribution is 6.32. The highest BCUT2D eigenvalue weighted by Gasteiger charge is 2.46. The second-order valence-electron chi connectivity index (χ2n) is 9.91. The number of urea groups is 1. The molecule has 38 heavy (non-hydrogen) atoms. The van der Waals surface area contributed by atoms with E-state index >= 15 is 0 Å². The lowest BCUT2D eigenvalue weighted by Crippen LogP contribution is -2.61. The third-order valence-corrected chi connectivity index (χ3v) is 8.17. The zero-order valence-corrected chi connectivity index (χ0v) is 21.0. The van der Waals surface area contributed by atoms with Crippen LogP contribution in [0.25, 0.3) is 27.5 Å². The molecule has 2 aromatic carbocycles. The molecule has 3 unspecified atom stereocenters. The number of anilines is 1. The molecule has 1 saturated carbocycles. The maximum atomic E-state index is 13.7. The minimum atomic E-state index is -0.410. The minimum absolute atomic E-state index is 0.0907. The minimum Gasteiger partial charge on any atom is -0.334 e. The first kappa shape index (κ1) is 22.9. The number of rotatable bonds is 3. The molecule has 7 rings (SSSR count). The number of nitrogens with zero attached hydrogens (tertiary/aromatic N) is 5. The molecule has 9 heteroatoms. The van der Waals surface area contributed by atoms with Crippen LogP contribution in [0.1, 0.15) is 30.7 Å². The predicted octanol–water partition coefficient (Wildman–Crippen LogP) is 5.61. The Kier molecular flexibility index (Phi) is 5.37. The average Bonchev–Trinajstić information content (AvgIpc) is 3.41. The summed E-state index contributed by atoms with van der Waals surface area (Å²) in [6, 6.07) is 16.9. The number of benzene rings is 2. The monoisotopic (exact) mass is 522 g/mol. The maximum Gasteiger partial charge on any atom is 0.329 e. The van der Waals surface area contributed by atoms with Gasteiger partial charge >= 0.3 is 6.03 Å². The Hall–Kier alpha value is -4.30. The molecule has 8 nitrogen and oxygen atoms in total. The molecular formula is C29H23ClN6O2. The topological polar surface area (TPSA) is 92.5 Å². The van der Waals surface area contributed by atoms with Crippen LogP contribution in [0.2, 0.25) is 5.02 Å². The zero-order chi connectivity index (χ0) is 25.8. The van der Waals surface area contributed by atoms with Gasteiger partial charge in [0.15, 0.2) is 5.65 Å². The lowest BCUT2D eigenvalue weighted by atomic mass is 9.72. The first-order valence-electron chi connectivity index (χ1n) is 12.6. The Morgan fingerprint density at radius 2 is 1.89 bits per heavy atom. The Morgan fingerprint density at radius 3 is 2.82 bits per heavy atom. The van der Waals surface area contributed by atoms with Crippen molar-refractivity contribution >= 4 is 45.6 Å². The fourth-order valence-corrected chi connectivity index (χ4v) is 6.40. The Balaban J connectivity index is 1.20. The van der Waals surface area contributed by atoms with Crippen LogP contribution in [0.15, 0.2) is 79.5 Å². The van der Waals surface area contributed by atoms with Crippen LogP contribution in [0, 0.1) is 5.92 Å². The molecule has 2 fully saturated rings. The van der Waals surface area contributed by atoms with Crippen LogP contribution in [0.4, 0.5) is 10.5 Å². The van der Waals surface area contributed by atoms with Crippen LogP contribution >= 0.6 is 11.6 Å². The van der Waals surface area contributed by atoms with Crippen molar-refractivity contribution in [2.24, 2.45) is 5.92 Å². The van der Waals surface area contributed by atoms with Crippen LogP contribution in [0.5, 0.6) is 0 Å². The molecule has 1 saturated heterocycles. The van der Waals surface area contributed by atoms with Crippen molar-refractivity contribution in [1.29, 1.82) is 0 Å². The fraction of sp³-hybridized carbons (Fsp3) is 0.207. The van der Waals surface area contributed by atoms with Gasteiger partial charge in [-0.15, -0.1) is 0 Å². The first-order valence-corrected chi connectivity index (χ1v) is 13.0. The van der Waals surface area contributed by atoms with Crippen molar-refractivity contribution in [3.05, 3.63) is 90.1 Å². The highest BCUT2D eigenvalue weighted by atomic mass is 35.5. The summed E-state index contributed by atoms with van der Waals surface area (Å²) in [5, 5.41) is 9.71. The molecular weight excluding hydrogens is 500 g/mol. The molecule has 0 spiro atoms. The number of pyridine rings is 2. The predicted molar refractivity (Wildman–Crippen MR) is 145 cm³/mol. The van der Waals surface area contributed by atoms with Gasteiger partial charge in [0, 0.05) is 34.2 Å². The molecule has 4 heterocycles. The number of fused-ring (bicyclic) bond motifs is 3. The van der Waals surface area contributed by atoms with Crippen molar-refractivity contribution in [3.63, 3.8) is 0 Å². The number of carbonyl (C=O) groups excluding carboxylic acids is 2. The number of nitrogens with one attached hydrogen (secondary N) is 1. The standard InChI is InChI=1S/C29H23ClN6O2/c30-23-7-3-6-21(17-10-11-35-26(13-17)32-16-33-35)27(23)18-8-9-22-24(12-18)34-29(38)36(28(22)37)25-15-31-14-19-4-1-2-5-20(19)25/h1-7,10-11,13-16,18,22,24H,8-9,12H2,(H,34,38). The molecule has 188 valence electrons. The molecule has 3 amide bonds. The van der Waals surface area contributed by atoms with Crippen molar-refractivity contribution < 1.29 is 9.59 Å². The second kappa shape index (κ2) is 8.92. The Morgan fingerprint density at radius 1 is 1.00 bits per heavy atom. The largest absolute Gasteiger partial charge is 0.334 e. The van der Waals surface area contributed by atoms with Gasteiger partial charge in [0.25, 0.3) is 0 Å². The number of halogens is 1. The van der Waals surface area contributed by atoms with E-state index < -0.39 is 6.03 Å². The van der Waals surface area contributed by atoms with Gasteiger partial charge in [-0.3, -0.25) is 9.78 Å². The summed E-state index contributed by atoms with van der Waals surface area (Å²) in [4.78, 5) is 36.9. The van der Waals surface area contributed by atoms with E-state index in [4.69, 9.17) is 11.6 Å². The van der Waals surface area contributed by atoms with Crippen molar-refractivity contribution in [3.8, 4) is 11.1 Å². The van der Waals surface area contributed by atoms with E-state index in [0.717, 1.165) is 39.5 Å². The van der Waals surface area contributed by atoms with Gasteiger partial charge in [0.05, 0.1) is 17.8 Å². The lowest BCUT2D eigenvalue weighted by molar-refractivity contribution is -0.124. The number of aromatic nitrogens is 4. The Bertz CT molecular complexity index is 1730. The van der Waals surface area contributed by atoms with Gasteiger partial charge in [0.2, 0.25) is 5.91 Å². The summed E-state index contributed by atoms with van der Waals surface area (Å²) in [6.07, 6.45) is 8.81. The summed E-state index contributed by atoms with van der Waals surface area (Å²) in [6.45, 7) is 0. The third-order valence-electron chi connectivity index (χ3n) is 7.84. The summed E-state index contributed by atoms with van der Waals surface area (Å²) in [7, 11) is 0. The van der Waals surface area contributed by atoms with E-state index in [1.165, 1.54) is 11.2 Å². The molecule has 3 atom stereocenters. The normalized spacial score (nSPS) is 21.5. The van der Waals surface area contributed by atoms with Crippen LogP contribution in [0.3, 0.4) is 0 Å². The van der Waals surface area contributed by atoms with Gasteiger partial charge in [-0.1, -0.05) is 48.0 Å². The summed E-state index contributed by atoms with van der Waals surface area (Å²) >= 11 is 6.80. The average molecular weight is 523 g/mol. The SMILES string of the molecule is O=C1NC2CC(c3c(Cl)cccc3-c3ccn4ncnc4c3)CCC2C(=O)N1c1cncc2ccccc12. The molecule has 1 aliphatic carbocycles. The van der Waals surface area contributed by atoms with Gasteiger partial charge in [-0.25, -0.2) is 19.2 Å². The van der Waals surface area contributed by atoms with Crippen LogP contribution in [-0.2, 0) is 4.79 Å². The van der Waals surface area contributed by atoms with E-state index in [0.29, 0.717) is 23.6 Å². The van der Waals surface area contributed by atoms with Gasteiger partial charge in [-0.05, 0) is 60.1 Å². The quantitative estimate of drug-likeness (QED) is 0.332. The molecule has 3 aromatic heterocycles. The molecule has 1 N–H and O–H groups in total. The van der Waals surface area contributed by atoms with Crippen molar-refractivity contribution in [2.75, 3.05) is 4.90 Å². The number of carbonyl (C=O) groups is 2. The molecule has 0 radical (unpaired) electrons. The summed E-state index contributed by atoms with van der Waals surface area (Å²) < 4.78 is 1.72. The molecule has 0 bridgehead atoms. The number of imide groups is 1. The van der Waals surface area contributed by atoms with Crippen LogP contribution in [-0.4, -0.2) is 37.6 Å². The third kappa shape index (κ3) is 3.63. The summed E-state index contributed by atoms with van der Waals surface area (Å²) in [5.74, 6) is -0.388. The Labute approximate surface area is 223 Å². The number of amides is 3. The zero-order valence-electron chi connectivity index (χ0n) is 20.3. The lowest BCUT2D eigenvalue weighted by Gasteiger charge is -2.43. The van der Waals surface area contributed by atoms with Crippen LogP contribution < -0.4 is 10.2 Å². The molecule has 2 aliphatic rings. The first-order chi connectivity index (χ1) is 18.6. The van der Waals surface area contributed by atoms with E-state index in [2.05, 4.69) is 26.4 Å². The van der Waals surface area contributed by atoms with E-state index in [9.17, 15) is 9.59 Å². The maximum absolute atomic E-state index is 13.7. The van der Waals surface area contributed by atoms with Crippen molar-refractivity contribution in [2.45, 2.75) is 31.2 Å². The van der Waals surface area contributed by atoms with Gasteiger partial charge < -0.3 is 5.32 Å². The number of hydrogen-bond donors (Lipinski definition) is 1. The van der Waals surface area contributed by atoms with Crippen molar-refractivity contribution in [1.82, 2.24) is 24.9 Å².